The van der Waals surface area contributed by atoms with Gasteiger partial charge in [0.1, 0.15) is 0 Å². The molecule has 1 aliphatic heterocycles. The van der Waals surface area contributed by atoms with Gasteiger partial charge in [0.15, 0.2) is 0 Å². The van der Waals surface area contributed by atoms with Gasteiger partial charge in [-0.1, -0.05) is 6.92 Å². The van der Waals surface area contributed by atoms with Crippen LogP contribution in [-0.2, 0) is 0 Å². The Morgan fingerprint density at radius 1 is 1.40 bits per heavy atom. The minimum Gasteiger partial charge on any atom is -0.389 e. The van der Waals surface area contributed by atoms with Crippen molar-refractivity contribution in [3.63, 3.8) is 0 Å². The smallest absolute Gasteiger partial charge is 0.0715 e. The molecule has 90 valence electrons. The van der Waals surface area contributed by atoms with Crippen molar-refractivity contribution in [2.75, 3.05) is 20.1 Å². The van der Waals surface area contributed by atoms with Crippen LogP contribution in [0, 0.1) is 5.92 Å². The SMILES string of the molecule is CC1CN(C)C(C)CC1NCC(C)(C)O. The lowest BCUT2D eigenvalue weighted by Crippen LogP contribution is -2.53. The average molecular weight is 214 g/mol. The van der Waals surface area contributed by atoms with Gasteiger partial charge in [-0.05, 0) is 40.2 Å². The van der Waals surface area contributed by atoms with E-state index in [1.54, 1.807) is 0 Å². The van der Waals surface area contributed by atoms with Crippen LogP contribution in [0.25, 0.3) is 0 Å². The molecule has 15 heavy (non-hydrogen) atoms. The van der Waals surface area contributed by atoms with Crippen LogP contribution in [0.5, 0.6) is 0 Å². The highest BCUT2D eigenvalue weighted by molar-refractivity contribution is 4.87. The zero-order valence-corrected chi connectivity index (χ0v) is 10.7. The molecule has 0 amide bonds. The number of nitrogens with zero attached hydrogens (tertiary/aromatic N) is 1. The molecule has 2 N–H and O–H groups in total. The molecule has 0 aromatic carbocycles. The van der Waals surface area contributed by atoms with Crippen molar-refractivity contribution in [2.45, 2.75) is 51.8 Å². The van der Waals surface area contributed by atoms with Crippen LogP contribution in [-0.4, -0.2) is 47.8 Å². The van der Waals surface area contributed by atoms with Crippen LogP contribution >= 0.6 is 0 Å². The molecule has 0 radical (unpaired) electrons. The van der Waals surface area contributed by atoms with E-state index in [9.17, 15) is 5.11 Å². The van der Waals surface area contributed by atoms with E-state index < -0.39 is 5.60 Å². The highest BCUT2D eigenvalue weighted by atomic mass is 16.3. The van der Waals surface area contributed by atoms with E-state index in [1.807, 2.05) is 13.8 Å². The standard InChI is InChI=1S/C12H26N2O/c1-9-7-14(5)10(2)6-11(9)13-8-12(3,4)15/h9-11,13,15H,6-8H2,1-5H3. The number of likely N-dealkylation sites (tertiary alicyclic amines) is 1. The van der Waals surface area contributed by atoms with Crippen LogP contribution < -0.4 is 5.32 Å². The number of hydrogen-bond acceptors (Lipinski definition) is 3. The van der Waals surface area contributed by atoms with E-state index in [2.05, 4.69) is 31.1 Å². The monoisotopic (exact) mass is 214 g/mol. The molecule has 1 fully saturated rings. The van der Waals surface area contributed by atoms with Crippen LogP contribution in [0.15, 0.2) is 0 Å². The molecule has 0 aliphatic carbocycles. The normalized spacial score (nSPS) is 34.4. The molecule has 0 aromatic heterocycles. The molecule has 0 spiro atoms. The zero-order valence-electron chi connectivity index (χ0n) is 10.7. The van der Waals surface area contributed by atoms with Crippen LogP contribution in [0.1, 0.15) is 34.1 Å². The fourth-order valence-electron chi connectivity index (χ4n) is 2.21. The maximum absolute atomic E-state index is 9.68. The van der Waals surface area contributed by atoms with Gasteiger partial charge in [-0.15, -0.1) is 0 Å². The van der Waals surface area contributed by atoms with Gasteiger partial charge in [0.25, 0.3) is 0 Å². The van der Waals surface area contributed by atoms with E-state index in [0.29, 0.717) is 24.5 Å². The van der Waals surface area contributed by atoms with Gasteiger partial charge in [-0.2, -0.15) is 0 Å². The number of piperidine rings is 1. The molecule has 1 aliphatic rings. The van der Waals surface area contributed by atoms with Crippen LogP contribution in [0.2, 0.25) is 0 Å². The lowest BCUT2D eigenvalue weighted by Gasteiger charge is -2.40. The molecule has 0 aromatic rings. The first-order chi connectivity index (χ1) is 6.79. The first-order valence-corrected chi connectivity index (χ1v) is 5.95. The first-order valence-electron chi connectivity index (χ1n) is 5.95. The Morgan fingerprint density at radius 3 is 2.53 bits per heavy atom. The van der Waals surface area contributed by atoms with Crippen molar-refractivity contribution in [1.29, 1.82) is 0 Å². The fourth-order valence-corrected chi connectivity index (χ4v) is 2.21. The Bertz CT molecular complexity index is 200. The Hall–Kier alpha value is -0.120. The second-order valence-electron chi connectivity index (χ2n) is 5.80. The third-order valence-corrected chi connectivity index (χ3v) is 3.41. The molecule has 1 saturated heterocycles. The molecular weight excluding hydrogens is 188 g/mol. The van der Waals surface area contributed by atoms with Gasteiger partial charge < -0.3 is 15.3 Å². The van der Waals surface area contributed by atoms with Crippen molar-refractivity contribution >= 4 is 0 Å². The van der Waals surface area contributed by atoms with Crippen molar-refractivity contribution in [3.05, 3.63) is 0 Å². The fraction of sp³-hybridized carbons (Fsp3) is 1.00. The molecule has 3 heteroatoms. The van der Waals surface area contributed by atoms with Crippen molar-refractivity contribution < 1.29 is 5.11 Å². The average Bonchev–Trinajstić information content (AvgIpc) is 2.07. The van der Waals surface area contributed by atoms with E-state index >= 15 is 0 Å². The second kappa shape index (κ2) is 4.81. The van der Waals surface area contributed by atoms with Crippen molar-refractivity contribution in [2.24, 2.45) is 5.92 Å². The lowest BCUT2D eigenvalue weighted by molar-refractivity contribution is 0.0602. The first kappa shape index (κ1) is 12.9. The van der Waals surface area contributed by atoms with E-state index in [4.69, 9.17) is 0 Å². The number of rotatable bonds is 3. The van der Waals surface area contributed by atoms with Gasteiger partial charge in [0, 0.05) is 25.2 Å². The largest absolute Gasteiger partial charge is 0.389 e. The Morgan fingerprint density at radius 2 is 2.00 bits per heavy atom. The van der Waals surface area contributed by atoms with Gasteiger partial charge >= 0.3 is 0 Å². The van der Waals surface area contributed by atoms with Gasteiger partial charge in [0.2, 0.25) is 0 Å². The summed E-state index contributed by atoms with van der Waals surface area (Å²) >= 11 is 0. The van der Waals surface area contributed by atoms with E-state index in [0.717, 1.165) is 6.54 Å². The summed E-state index contributed by atoms with van der Waals surface area (Å²) in [6, 6.07) is 1.18. The minimum absolute atomic E-state index is 0.544. The van der Waals surface area contributed by atoms with Crippen LogP contribution in [0.4, 0.5) is 0 Å². The summed E-state index contributed by atoms with van der Waals surface area (Å²) in [5.41, 5.74) is -0.605. The Balaban J connectivity index is 2.41. The summed E-state index contributed by atoms with van der Waals surface area (Å²) in [4.78, 5) is 2.41. The van der Waals surface area contributed by atoms with E-state index in [-0.39, 0.29) is 0 Å². The number of hydrogen-bond donors (Lipinski definition) is 2. The Labute approximate surface area is 93.9 Å². The van der Waals surface area contributed by atoms with E-state index in [1.165, 1.54) is 6.42 Å². The highest BCUT2D eigenvalue weighted by Crippen LogP contribution is 2.20. The molecule has 3 nitrogen and oxygen atoms in total. The third-order valence-electron chi connectivity index (χ3n) is 3.41. The maximum atomic E-state index is 9.68. The van der Waals surface area contributed by atoms with Gasteiger partial charge in [-0.25, -0.2) is 0 Å². The second-order valence-corrected chi connectivity index (χ2v) is 5.80. The predicted molar refractivity (Wildman–Crippen MR) is 64.0 cm³/mol. The predicted octanol–water partition coefficient (Wildman–Crippen LogP) is 1.08. The summed E-state index contributed by atoms with van der Waals surface area (Å²) in [6.45, 7) is 10.1. The zero-order chi connectivity index (χ0) is 11.6. The lowest BCUT2D eigenvalue weighted by atomic mass is 9.89. The quantitative estimate of drug-likeness (QED) is 0.738. The third kappa shape index (κ3) is 4.09. The summed E-state index contributed by atoms with van der Waals surface area (Å²) in [6.07, 6.45) is 1.17. The summed E-state index contributed by atoms with van der Waals surface area (Å²) in [5, 5.41) is 13.2. The number of nitrogens with one attached hydrogen (secondary N) is 1. The Kier molecular flexibility index (Phi) is 4.15. The highest BCUT2D eigenvalue weighted by Gasteiger charge is 2.29. The molecule has 3 atom stereocenters. The van der Waals surface area contributed by atoms with Crippen LogP contribution in [0.3, 0.4) is 0 Å². The summed E-state index contributed by atoms with van der Waals surface area (Å²) in [7, 11) is 2.19. The molecule has 0 bridgehead atoms. The molecule has 3 unspecified atom stereocenters. The topological polar surface area (TPSA) is 35.5 Å². The molecule has 1 heterocycles. The van der Waals surface area contributed by atoms with Gasteiger partial charge in [-0.3, -0.25) is 0 Å². The molecule has 1 rings (SSSR count). The maximum Gasteiger partial charge on any atom is 0.0715 e. The molecular formula is C12H26N2O. The van der Waals surface area contributed by atoms with Gasteiger partial charge in [0.05, 0.1) is 5.60 Å². The summed E-state index contributed by atoms with van der Waals surface area (Å²) in [5.74, 6) is 0.661. The number of aliphatic hydroxyl groups is 1. The van der Waals surface area contributed by atoms with Crippen molar-refractivity contribution in [1.82, 2.24) is 10.2 Å². The molecule has 0 saturated carbocycles. The summed E-state index contributed by atoms with van der Waals surface area (Å²) < 4.78 is 0. The minimum atomic E-state index is -0.605. The van der Waals surface area contributed by atoms with Crippen molar-refractivity contribution in [3.8, 4) is 0 Å².